The van der Waals surface area contributed by atoms with Gasteiger partial charge in [0, 0.05) is 17.7 Å². The molecular formula is C14H13ClO. The van der Waals surface area contributed by atoms with E-state index in [0.717, 1.165) is 16.1 Å². The number of hydrogen-bond donors (Lipinski definition) is 0. The monoisotopic (exact) mass is 232 g/mol. The van der Waals surface area contributed by atoms with Crippen molar-refractivity contribution in [1.82, 2.24) is 0 Å². The van der Waals surface area contributed by atoms with Crippen molar-refractivity contribution in [3.8, 4) is 0 Å². The molecule has 0 fully saturated rings. The van der Waals surface area contributed by atoms with Gasteiger partial charge >= 0.3 is 0 Å². The van der Waals surface area contributed by atoms with E-state index in [4.69, 9.17) is 16.3 Å². The molecule has 0 unspecified atom stereocenters. The molecule has 0 aliphatic carbocycles. The van der Waals surface area contributed by atoms with Crippen molar-refractivity contribution in [2.24, 2.45) is 0 Å². The second-order valence-electron chi connectivity index (χ2n) is 3.55. The Hall–Kier alpha value is -1.31. The minimum atomic E-state index is -0.102. The maximum absolute atomic E-state index is 6.17. The van der Waals surface area contributed by atoms with Crippen molar-refractivity contribution in [3.05, 3.63) is 70.7 Å². The van der Waals surface area contributed by atoms with Gasteiger partial charge in [-0.05, 0) is 11.6 Å². The molecule has 0 aliphatic rings. The maximum Gasteiger partial charge on any atom is 0.109 e. The van der Waals surface area contributed by atoms with E-state index in [1.54, 1.807) is 7.11 Å². The molecule has 2 aromatic rings. The number of methoxy groups -OCH3 is 1. The van der Waals surface area contributed by atoms with Gasteiger partial charge in [0.25, 0.3) is 0 Å². The minimum absolute atomic E-state index is 0.102. The molecule has 0 bridgehead atoms. The van der Waals surface area contributed by atoms with Gasteiger partial charge in [0.1, 0.15) is 6.10 Å². The summed E-state index contributed by atoms with van der Waals surface area (Å²) in [6.07, 6.45) is -0.102. The van der Waals surface area contributed by atoms with Crippen molar-refractivity contribution >= 4 is 11.6 Å². The summed E-state index contributed by atoms with van der Waals surface area (Å²) >= 11 is 6.17. The van der Waals surface area contributed by atoms with E-state index in [-0.39, 0.29) is 6.10 Å². The zero-order valence-corrected chi connectivity index (χ0v) is 9.82. The van der Waals surface area contributed by atoms with Crippen molar-refractivity contribution in [2.45, 2.75) is 6.10 Å². The number of ether oxygens (including phenoxy) is 1. The highest BCUT2D eigenvalue weighted by atomic mass is 35.5. The quantitative estimate of drug-likeness (QED) is 0.775. The first-order valence-corrected chi connectivity index (χ1v) is 5.53. The van der Waals surface area contributed by atoms with E-state index in [2.05, 4.69) is 0 Å². The molecule has 1 atom stereocenters. The van der Waals surface area contributed by atoms with Crippen molar-refractivity contribution < 1.29 is 4.74 Å². The van der Waals surface area contributed by atoms with Crippen LogP contribution in [-0.4, -0.2) is 7.11 Å². The molecule has 1 nitrogen and oxygen atoms in total. The van der Waals surface area contributed by atoms with Crippen LogP contribution < -0.4 is 0 Å². The van der Waals surface area contributed by atoms with Gasteiger partial charge in [-0.25, -0.2) is 0 Å². The van der Waals surface area contributed by atoms with Gasteiger partial charge in [-0.2, -0.15) is 0 Å². The molecule has 0 N–H and O–H groups in total. The lowest BCUT2D eigenvalue weighted by Crippen LogP contribution is -2.03. The molecule has 0 saturated heterocycles. The molecule has 2 aromatic carbocycles. The average Bonchev–Trinajstić information content (AvgIpc) is 2.34. The lowest BCUT2D eigenvalue weighted by Gasteiger charge is -2.17. The van der Waals surface area contributed by atoms with Crippen molar-refractivity contribution in [3.63, 3.8) is 0 Å². The van der Waals surface area contributed by atoms with Crippen LogP contribution in [0.25, 0.3) is 0 Å². The molecular weight excluding hydrogens is 220 g/mol. The SMILES string of the molecule is CO[C@H](c1ccccc1)c1ccccc1Cl. The zero-order chi connectivity index (χ0) is 11.4. The van der Waals surface area contributed by atoms with Crippen LogP contribution in [0.4, 0.5) is 0 Å². The summed E-state index contributed by atoms with van der Waals surface area (Å²) in [7, 11) is 1.70. The van der Waals surface area contributed by atoms with Crippen LogP contribution in [0.3, 0.4) is 0 Å². The fourth-order valence-electron chi connectivity index (χ4n) is 1.76. The van der Waals surface area contributed by atoms with Gasteiger partial charge in [-0.3, -0.25) is 0 Å². The normalized spacial score (nSPS) is 12.4. The Balaban J connectivity index is 2.41. The first kappa shape index (κ1) is 11.2. The van der Waals surface area contributed by atoms with Crippen molar-refractivity contribution in [1.29, 1.82) is 0 Å². The highest BCUT2D eigenvalue weighted by molar-refractivity contribution is 6.31. The predicted molar refractivity (Wildman–Crippen MR) is 66.7 cm³/mol. The van der Waals surface area contributed by atoms with E-state index in [0.29, 0.717) is 0 Å². The summed E-state index contributed by atoms with van der Waals surface area (Å²) in [5.74, 6) is 0. The Morgan fingerprint density at radius 3 is 2.19 bits per heavy atom. The molecule has 0 saturated carbocycles. The van der Waals surface area contributed by atoms with E-state index in [9.17, 15) is 0 Å². The molecule has 0 spiro atoms. The highest BCUT2D eigenvalue weighted by Gasteiger charge is 2.15. The summed E-state index contributed by atoms with van der Waals surface area (Å²) in [6, 6.07) is 17.8. The number of hydrogen-bond acceptors (Lipinski definition) is 1. The Morgan fingerprint density at radius 2 is 1.56 bits per heavy atom. The number of rotatable bonds is 3. The second kappa shape index (κ2) is 5.15. The molecule has 2 heteroatoms. The molecule has 82 valence electrons. The fraction of sp³-hybridized carbons (Fsp3) is 0.143. The summed E-state index contributed by atoms with van der Waals surface area (Å²) in [5.41, 5.74) is 2.11. The number of halogens is 1. The fourth-order valence-corrected chi connectivity index (χ4v) is 1.99. The molecule has 2 rings (SSSR count). The van der Waals surface area contributed by atoms with Crippen molar-refractivity contribution in [2.75, 3.05) is 7.11 Å². The molecule has 16 heavy (non-hydrogen) atoms. The van der Waals surface area contributed by atoms with E-state index in [1.807, 2.05) is 54.6 Å². The summed E-state index contributed by atoms with van der Waals surface area (Å²) in [5, 5.41) is 0.734. The summed E-state index contributed by atoms with van der Waals surface area (Å²) in [6.45, 7) is 0. The second-order valence-corrected chi connectivity index (χ2v) is 3.96. The smallest absolute Gasteiger partial charge is 0.109 e. The molecule has 0 heterocycles. The summed E-state index contributed by atoms with van der Waals surface area (Å²) < 4.78 is 5.52. The lowest BCUT2D eigenvalue weighted by atomic mass is 10.0. The topological polar surface area (TPSA) is 9.23 Å². The summed E-state index contributed by atoms with van der Waals surface area (Å²) in [4.78, 5) is 0. The van der Waals surface area contributed by atoms with E-state index >= 15 is 0 Å². The van der Waals surface area contributed by atoms with Gasteiger partial charge in [-0.1, -0.05) is 60.1 Å². The Bertz CT molecular complexity index is 453. The van der Waals surface area contributed by atoms with Crippen LogP contribution in [0.15, 0.2) is 54.6 Å². The van der Waals surface area contributed by atoms with Gasteiger partial charge in [-0.15, -0.1) is 0 Å². The highest BCUT2D eigenvalue weighted by Crippen LogP contribution is 2.30. The van der Waals surface area contributed by atoms with E-state index < -0.39 is 0 Å². The van der Waals surface area contributed by atoms with Crippen LogP contribution in [-0.2, 0) is 4.74 Å². The van der Waals surface area contributed by atoms with Crippen LogP contribution in [0.2, 0.25) is 5.02 Å². The Morgan fingerprint density at radius 1 is 0.938 bits per heavy atom. The van der Waals surface area contributed by atoms with Gasteiger partial charge in [0.05, 0.1) is 0 Å². The maximum atomic E-state index is 6.17. The van der Waals surface area contributed by atoms with E-state index in [1.165, 1.54) is 0 Å². The number of benzene rings is 2. The van der Waals surface area contributed by atoms with Gasteiger partial charge in [0.2, 0.25) is 0 Å². The van der Waals surface area contributed by atoms with Crippen LogP contribution in [0.5, 0.6) is 0 Å². The molecule has 0 aromatic heterocycles. The average molecular weight is 233 g/mol. The first-order chi connectivity index (χ1) is 7.83. The third-order valence-corrected chi connectivity index (χ3v) is 2.87. The minimum Gasteiger partial charge on any atom is -0.372 e. The standard InChI is InChI=1S/C14H13ClO/c1-16-14(11-7-3-2-4-8-11)12-9-5-6-10-13(12)15/h2-10,14H,1H3/t14-/m1/s1. The lowest BCUT2D eigenvalue weighted by molar-refractivity contribution is 0.136. The molecule has 0 radical (unpaired) electrons. The molecule has 0 aliphatic heterocycles. The Kier molecular flexibility index (Phi) is 3.60. The third kappa shape index (κ3) is 2.26. The van der Waals surface area contributed by atoms with Gasteiger partial charge in [0.15, 0.2) is 0 Å². The zero-order valence-electron chi connectivity index (χ0n) is 9.06. The predicted octanol–water partition coefficient (Wildman–Crippen LogP) is 4.08. The largest absolute Gasteiger partial charge is 0.372 e. The molecule has 0 amide bonds. The van der Waals surface area contributed by atoms with Crippen LogP contribution in [0, 0.1) is 0 Å². The van der Waals surface area contributed by atoms with Gasteiger partial charge < -0.3 is 4.74 Å². The Labute approximate surface area is 101 Å². The first-order valence-electron chi connectivity index (χ1n) is 5.15. The third-order valence-electron chi connectivity index (χ3n) is 2.53. The van der Waals surface area contributed by atoms with Crippen LogP contribution >= 0.6 is 11.6 Å². The van der Waals surface area contributed by atoms with Crippen LogP contribution in [0.1, 0.15) is 17.2 Å².